The SMILES string of the molecule is COc1ccc(-c2nc(C)no2)cc1OC1CCCC1. The van der Waals surface area contributed by atoms with E-state index >= 15 is 0 Å². The molecule has 1 aromatic carbocycles. The Balaban J connectivity index is 1.89. The van der Waals surface area contributed by atoms with Crippen molar-refractivity contribution in [2.45, 2.75) is 38.7 Å². The molecule has 0 bridgehead atoms. The molecule has 0 aliphatic heterocycles. The van der Waals surface area contributed by atoms with Crippen molar-refractivity contribution < 1.29 is 14.0 Å². The lowest BCUT2D eigenvalue weighted by Crippen LogP contribution is -2.11. The minimum atomic E-state index is 0.281. The van der Waals surface area contributed by atoms with Crippen LogP contribution in [0.25, 0.3) is 11.5 Å². The number of hydrogen-bond donors (Lipinski definition) is 0. The van der Waals surface area contributed by atoms with Crippen LogP contribution in [-0.2, 0) is 0 Å². The van der Waals surface area contributed by atoms with Crippen LogP contribution in [0.4, 0.5) is 0 Å². The summed E-state index contributed by atoms with van der Waals surface area (Å²) in [6.07, 6.45) is 4.95. The third-order valence-electron chi connectivity index (χ3n) is 3.53. The number of nitrogens with zero attached hydrogens (tertiary/aromatic N) is 2. The summed E-state index contributed by atoms with van der Waals surface area (Å²) in [6.45, 7) is 1.80. The number of hydrogen-bond acceptors (Lipinski definition) is 5. The molecule has 5 nitrogen and oxygen atoms in total. The van der Waals surface area contributed by atoms with Gasteiger partial charge in [-0.25, -0.2) is 0 Å². The highest BCUT2D eigenvalue weighted by Crippen LogP contribution is 2.34. The van der Waals surface area contributed by atoms with Gasteiger partial charge in [0.2, 0.25) is 0 Å². The van der Waals surface area contributed by atoms with Crippen molar-refractivity contribution in [1.82, 2.24) is 10.1 Å². The summed E-state index contributed by atoms with van der Waals surface area (Å²) in [7, 11) is 1.65. The molecule has 3 rings (SSSR count). The van der Waals surface area contributed by atoms with E-state index in [-0.39, 0.29) is 6.10 Å². The third-order valence-corrected chi connectivity index (χ3v) is 3.53. The maximum absolute atomic E-state index is 6.05. The van der Waals surface area contributed by atoms with Crippen LogP contribution in [-0.4, -0.2) is 23.4 Å². The second-order valence-electron chi connectivity index (χ2n) is 5.04. The summed E-state index contributed by atoms with van der Waals surface area (Å²) in [5.41, 5.74) is 0.847. The maximum Gasteiger partial charge on any atom is 0.258 e. The fourth-order valence-electron chi connectivity index (χ4n) is 2.50. The van der Waals surface area contributed by atoms with Gasteiger partial charge in [0.15, 0.2) is 17.3 Å². The van der Waals surface area contributed by atoms with Gasteiger partial charge in [0.05, 0.1) is 13.2 Å². The summed E-state index contributed by atoms with van der Waals surface area (Å²) in [5, 5.41) is 3.81. The van der Waals surface area contributed by atoms with Crippen molar-refractivity contribution in [3.63, 3.8) is 0 Å². The molecule has 1 aliphatic carbocycles. The first-order valence-corrected chi connectivity index (χ1v) is 6.91. The highest BCUT2D eigenvalue weighted by molar-refractivity contribution is 5.59. The zero-order valence-corrected chi connectivity index (χ0v) is 11.8. The fourth-order valence-corrected chi connectivity index (χ4v) is 2.50. The lowest BCUT2D eigenvalue weighted by Gasteiger charge is -2.16. The lowest BCUT2D eigenvalue weighted by atomic mass is 10.2. The average molecular weight is 274 g/mol. The molecule has 0 unspecified atom stereocenters. The van der Waals surface area contributed by atoms with E-state index in [0.717, 1.165) is 29.9 Å². The van der Waals surface area contributed by atoms with E-state index in [0.29, 0.717) is 11.7 Å². The molecule has 1 heterocycles. The smallest absolute Gasteiger partial charge is 0.258 e. The number of benzene rings is 1. The summed E-state index contributed by atoms with van der Waals surface area (Å²) < 4.78 is 16.6. The van der Waals surface area contributed by atoms with E-state index in [1.807, 2.05) is 18.2 Å². The number of rotatable bonds is 4. The van der Waals surface area contributed by atoms with E-state index in [2.05, 4.69) is 10.1 Å². The van der Waals surface area contributed by atoms with Gasteiger partial charge in [-0.05, 0) is 50.8 Å². The first-order valence-electron chi connectivity index (χ1n) is 6.91. The molecule has 1 fully saturated rings. The molecule has 1 aromatic heterocycles. The molecule has 20 heavy (non-hydrogen) atoms. The molecular formula is C15H18N2O3. The minimum absolute atomic E-state index is 0.281. The molecule has 1 aliphatic rings. The van der Waals surface area contributed by atoms with Crippen LogP contribution in [0.5, 0.6) is 11.5 Å². The molecule has 0 spiro atoms. The summed E-state index contributed by atoms with van der Waals surface area (Å²) in [4.78, 5) is 4.24. The monoisotopic (exact) mass is 274 g/mol. The molecular weight excluding hydrogens is 256 g/mol. The topological polar surface area (TPSA) is 57.4 Å². The molecule has 0 N–H and O–H groups in total. The van der Waals surface area contributed by atoms with Gasteiger partial charge in [0.1, 0.15) is 0 Å². The average Bonchev–Trinajstić information content (AvgIpc) is 3.10. The van der Waals surface area contributed by atoms with Crippen molar-refractivity contribution in [2.24, 2.45) is 0 Å². The van der Waals surface area contributed by atoms with Crippen molar-refractivity contribution in [2.75, 3.05) is 7.11 Å². The predicted molar refractivity (Wildman–Crippen MR) is 73.9 cm³/mol. The maximum atomic E-state index is 6.05. The minimum Gasteiger partial charge on any atom is -0.493 e. The first kappa shape index (κ1) is 13.0. The van der Waals surface area contributed by atoms with Crippen molar-refractivity contribution in [1.29, 1.82) is 0 Å². The number of ether oxygens (including phenoxy) is 2. The van der Waals surface area contributed by atoms with Gasteiger partial charge in [-0.3, -0.25) is 0 Å². The van der Waals surface area contributed by atoms with Gasteiger partial charge in [-0.1, -0.05) is 5.16 Å². The zero-order chi connectivity index (χ0) is 13.9. The second-order valence-corrected chi connectivity index (χ2v) is 5.04. The Kier molecular flexibility index (Phi) is 3.58. The van der Waals surface area contributed by atoms with Crippen molar-refractivity contribution in [3.8, 4) is 23.0 Å². The normalized spacial score (nSPS) is 15.5. The Hall–Kier alpha value is -2.04. The first-order chi connectivity index (χ1) is 9.76. The number of aryl methyl sites for hydroxylation is 1. The van der Waals surface area contributed by atoms with Gasteiger partial charge in [0, 0.05) is 5.56 Å². The Morgan fingerprint density at radius 3 is 2.65 bits per heavy atom. The van der Waals surface area contributed by atoms with Crippen molar-refractivity contribution >= 4 is 0 Å². The quantitative estimate of drug-likeness (QED) is 0.855. The largest absolute Gasteiger partial charge is 0.493 e. The lowest BCUT2D eigenvalue weighted by molar-refractivity contribution is 0.201. The van der Waals surface area contributed by atoms with Gasteiger partial charge < -0.3 is 14.0 Å². The predicted octanol–water partition coefficient (Wildman–Crippen LogP) is 3.38. The van der Waals surface area contributed by atoms with E-state index in [9.17, 15) is 0 Å². The number of methoxy groups -OCH3 is 1. The van der Waals surface area contributed by atoms with Crippen LogP contribution in [0.2, 0.25) is 0 Å². The van der Waals surface area contributed by atoms with Crippen LogP contribution >= 0.6 is 0 Å². The molecule has 1 saturated carbocycles. The molecule has 106 valence electrons. The van der Waals surface area contributed by atoms with Gasteiger partial charge >= 0.3 is 0 Å². The fraction of sp³-hybridized carbons (Fsp3) is 0.467. The van der Waals surface area contributed by atoms with E-state index in [1.165, 1.54) is 12.8 Å². The highest BCUT2D eigenvalue weighted by atomic mass is 16.5. The van der Waals surface area contributed by atoms with E-state index in [1.54, 1.807) is 14.0 Å². The van der Waals surface area contributed by atoms with Gasteiger partial charge in [0.25, 0.3) is 5.89 Å². The van der Waals surface area contributed by atoms with Crippen LogP contribution in [0, 0.1) is 6.92 Å². The summed E-state index contributed by atoms with van der Waals surface area (Å²) in [6, 6.07) is 5.68. The molecule has 0 atom stereocenters. The van der Waals surface area contributed by atoms with Crippen LogP contribution < -0.4 is 9.47 Å². The summed E-state index contributed by atoms with van der Waals surface area (Å²) >= 11 is 0. The third kappa shape index (κ3) is 2.61. The standard InChI is InChI=1S/C15H18N2O3/c1-10-16-15(20-17-10)11-7-8-13(18-2)14(9-11)19-12-5-3-4-6-12/h7-9,12H,3-6H2,1-2H3. The Morgan fingerprint density at radius 1 is 1.20 bits per heavy atom. The zero-order valence-electron chi connectivity index (χ0n) is 11.8. The molecule has 0 radical (unpaired) electrons. The molecule has 2 aromatic rings. The van der Waals surface area contributed by atoms with Crippen molar-refractivity contribution in [3.05, 3.63) is 24.0 Å². The Morgan fingerprint density at radius 2 is 2.00 bits per heavy atom. The Labute approximate surface area is 117 Å². The van der Waals surface area contributed by atoms with Crippen LogP contribution in [0.15, 0.2) is 22.7 Å². The van der Waals surface area contributed by atoms with E-state index in [4.69, 9.17) is 14.0 Å². The second kappa shape index (κ2) is 5.53. The number of aromatic nitrogens is 2. The van der Waals surface area contributed by atoms with E-state index < -0.39 is 0 Å². The Bertz CT molecular complexity index is 589. The van der Waals surface area contributed by atoms with Crippen LogP contribution in [0.3, 0.4) is 0 Å². The van der Waals surface area contributed by atoms with Gasteiger partial charge in [-0.15, -0.1) is 0 Å². The highest BCUT2D eigenvalue weighted by Gasteiger charge is 2.19. The molecule has 5 heteroatoms. The molecule has 0 amide bonds. The molecule has 0 saturated heterocycles. The van der Waals surface area contributed by atoms with Gasteiger partial charge in [-0.2, -0.15) is 4.98 Å². The van der Waals surface area contributed by atoms with Crippen LogP contribution in [0.1, 0.15) is 31.5 Å². The summed E-state index contributed by atoms with van der Waals surface area (Å²) in [5.74, 6) is 2.60.